The summed E-state index contributed by atoms with van der Waals surface area (Å²) in [4.78, 5) is 14.6. The molecular formula is C13H8ClN3O3. The van der Waals surface area contributed by atoms with Crippen molar-refractivity contribution < 1.29 is 9.34 Å². The Labute approximate surface area is 117 Å². The lowest BCUT2D eigenvalue weighted by Gasteiger charge is -2.00. The number of oxazole rings is 1. The molecular weight excluding hydrogens is 282 g/mol. The van der Waals surface area contributed by atoms with Gasteiger partial charge >= 0.3 is 0 Å². The molecule has 6 nitrogen and oxygen atoms in total. The Hall–Kier alpha value is -2.60. The Bertz CT molecular complexity index is 829. The Balaban J connectivity index is 2.19. The molecule has 2 N–H and O–H groups in total. The molecule has 1 heterocycles. The van der Waals surface area contributed by atoms with Crippen molar-refractivity contribution >= 4 is 34.1 Å². The fourth-order valence-electron chi connectivity index (χ4n) is 1.86. The minimum Gasteiger partial charge on any atom is -0.436 e. The van der Waals surface area contributed by atoms with Gasteiger partial charge in [0.05, 0.1) is 10.5 Å². The molecule has 2 aromatic carbocycles. The molecule has 0 amide bonds. The monoisotopic (exact) mass is 289 g/mol. The highest BCUT2D eigenvalue weighted by atomic mass is 35.5. The van der Waals surface area contributed by atoms with Crippen LogP contribution in [0.3, 0.4) is 0 Å². The maximum absolute atomic E-state index is 10.8. The van der Waals surface area contributed by atoms with Crippen LogP contribution in [0.4, 0.5) is 11.4 Å². The summed E-state index contributed by atoms with van der Waals surface area (Å²) < 4.78 is 5.55. The van der Waals surface area contributed by atoms with Gasteiger partial charge in [-0.3, -0.25) is 10.1 Å². The number of rotatable bonds is 2. The lowest BCUT2D eigenvalue weighted by molar-refractivity contribution is -0.384. The average molecular weight is 290 g/mol. The first kappa shape index (κ1) is 12.4. The summed E-state index contributed by atoms with van der Waals surface area (Å²) >= 11 is 5.87. The van der Waals surface area contributed by atoms with E-state index >= 15 is 0 Å². The van der Waals surface area contributed by atoms with Crippen molar-refractivity contribution in [2.75, 3.05) is 5.73 Å². The largest absolute Gasteiger partial charge is 0.436 e. The molecule has 0 bridgehead atoms. The topological polar surface area (TPSA) is 95.2 Å². The fourth-order valence-corrected chi connectivity index (χ4v) is 2.02. The van der Waals surface area contributed by atoms with Gasteiger partial charge in [-0.25, -0.2) is 4.98 Å². The van der Waals surface area contributed by atoms with Crippen molar-refractivity contribution in [3.8, 4) is 11.5 Å². The number of benzene rings is 2. The number of non-ortho nitro benzene ring substituents is 1. The van der Waals surface area contributed by atoms with Gasteiger partial charge in [0.2, 0.25) is 5.89 Å². The van der Waals surface area contributed by atoms with Gasteiger partial charge in [0.1, 0.15) is 5.52 Å². The highest BCUT2D eigenvalue weighted by Crippen LogP contribution is 2.32. The Kier molecular flexibility index (Phi) is 2.80. The van der Waals surface area contributed by atoms with E-state index in [2.05, 4.69) is 4.98 Å². The predicted molar refractivity (Wildman–Crippen MR) is 75.5 cm³/mol. The van der Waals surface area contributed by atoms with E-state index < -0.39 is 4.92 Å². The molecule has 1 aromatic heterocycles. The Morgan fingerprint density at radius 2 is 2.05 bits per heavy atom. The highest BCUT2D eigenvalue weighted by molar-refractivity contribution is 6.31. The van der Waals surface area contributed by atoms with Crippen molar-refractivity contribution in [2.45, 2.75) is 0 Å². The third kappa shape index (κ3) is 2.06. The van der Waals surface area contributed by atoms with Crippen LogP contribution in [-0.4, -0.2) is 9.91 Å². The summed E-state index contributed by atoms with van der Waals surface area (Å²) in [5, 5.41) is 11.3. The van der Waals surface area contributed by atoms with Crippen molar-refractivity contribution in [1.82, 2.24) is 4.98 Å². The molecule has 0 aliphatic heterocycles. The van der Waals surface area contributed by atoms with Crippen molar-refractivity contribution in [3.05, 3.63) is 51.5 Å². The lowest BCUT2D eigenvalue weighted by Crippen LogP contribution is -1.93. The van der Waals surface area contributed by atoms with Crippen LogP contribution in [0.25, 0.3) is 22.6 Å². The molecule has 0 fully saturated rings. The van der Waals surface area contributed by atoms with Gasteiger partial charge in [0.25, 0.3) is 5.69 Å². The normalized spacial score (nSPS) is 10.8. The van der Waals surface area contributed by atoms with Crippen LogP contribution >= 0.6 is 11.6 Å². The Morgan fingerprint density at radius 1 is 1.25 bits per heavy atom. The number of nitro benzene ring substituents is 1. The number of anilines is 1. The zero-order valence-corrected chi connectivity index (χ0v) is 10.8. The summed E-state index contributed by atoms with van der Waals surface area (Å²) in [5.41, 5.74) is 7.59. The van der Waals surface area contributed by atoms with E-state index in [1.54, 1.807) is 18.2 Å². The molecule has 0 atom stereocenters. The summed E-state index contributed by atoms with van der Waals surface area (Å²) in [6.45, 7) is 0. The van der Waals surface area contributed by atoms with Crippen LogP contribution in [0.5, 0.6) is 0 Å². The fraction of sp³-hybridized carbons (Fsp3) is 0. The van der Waals surface area contributed by atoms with Crippen molar-refractivity contribution in [3.63, 3.8) is 0 Å². The summed E-state index contributed by atoms with van der Waals surface area (Å²) in [6, 6.07) is 9.14. The SMILES string of the molecule is Nc1ccc([N+](=O)[O-])cc1-c1nc2ccc(Cl)cc2o1. The van der Waals surface area contributed by atoms with E-state index in [1.165, 1.54) is 18.2 Å². The molecule has 20 heavy (non-hydrogen) atoms. The molecule has 0 saturated carbocycles. The highest BCUT2D eigenvalue weighted by Gasteiger charge is 2.15. The second-order valence-corrected chi connectivity index (χ2v) is 4.60. The van der Waals surface area contributed by atoms with E-state index in [0.717, 1.165) is 0 Å². The lowest BCUT2D eigenvalue weighted by atomic mass is 10.1. The number of nitrogen functional groups attached to an aromatic ring is 1. The minimum atomic E-state index is -0.498. The van der Waals surface area contributed by atoms with E-state index in [1.807, 2.05) is 0 Å². The third-order valence-electron chi connectivity index (χ3n) is 2.83. The predicted octanol–water partition coefficient (Wildman–Crippen LogP) is 3.64. The van der Waals surface area contributed by atoms with E-state index in [4.69, 9.17) is 21.8 Å². The summed E-state index contributed by atoms with van der Waals surface area (Å²) in [5.74, 6) is 0.225. The maximum Gasteiger partial charge on any atom is 0.270 e. The number of halogens is 1. The van der Waals surface area contributed by atoms with E-state index in [0.29, 0.717) is 27.4 Å². The van der Waals surface area contributed by atoms with Gasteiger partial charge in [-0.2, -0.15) is 0 Å². The zero-order chi connectivity index (χ0) is 14.3. The number of nitrogens with zero attached hydrogens (tertiary/aromatic N) is 2. The summed E-state index contributed by atoms with van der Waals surface area (Å²) in [6.07, 6.45) is 0. The van der Waals surface area contributed by atoms with E-state index in [9.17, 15) is 10.1 Å². The van der Waals surface area contributed by atoms with Gasteiger partial charge in [-0.15, -0.1) is 0 Å². The molecule has 0 radical (unpaired) electrons. The quantitative estimate of drug-likeness (QED) is 0.441. The maximum atomic E-state index is 10.8. The van der Waals surface area contributed by atoms with Crippen LogP contribution < -0.4 is 5.73 Å². The second-order valence-electron chi connectivity index (χ2n) is 4.16. The van der Waals surface area contributed by atoms with Crippen LogP contribution in [0.1, 0.15) is 0 Å². The zero-order valence-electron chi connectivity index (χ0n) is 10.0. The number of hydrogen-bond acceptors (Lipinski definition) is 5. The van der Waals surface area contributed by atoms with Crippen molar-refractivity contribution in [2.24, 2.45) is 0 Å². The first-order chi connectivity index (χ1) is 9.54. The molecule has 0 unspecified atom stereocenters. The number of aromatic nitrogens is 1. The molecule has 7 heteroatoms. The van der Waals surface area contributed by atoms with Crippen molar-refractivity contribution in [1.29, 1.82) is 0 Å². The van der Waals surface area contributed by atoms with Crippen LogP contribution in [0.15, 0.2) is 40.8 Å². The first-order valence-electron chi connectivity index (χ1n) is 5.65. The van der Waals surface area contributed by atoms with Gasteiger partial charge < -0.3 is 10.2 Å². The average Bonchev–Trinajstić information content (AvgIpc) is 2.81. The van der Waals surface area contributed by atoms with Gasteiger partial charge in [-0.05, 0) is 18.2 Å². The summed E-state index contributed by atoms with van der Waals surface area (Å²) in [7, 11) is 0. The van der Waals surface area contributed by atoms with Crippen LogP contribution in [0, 0.1) is 10.1 Å². The molecule has 0 spiro atoms. The number of nitrogens with two attached hydrogens (primary N) is 1. The molecule has 0 aliphatic rings. The van der Waals surface area contributed by atoms with Crippen LogP contribution in [0.2, 0.25) is 5.02 Å². The smallest absolute Gasteiger partial charge is 0.270 e. The van der Waals surface area contributed by atoms with Gasteiger partial charge in [0, 0.05) is 28.9 Å². The number of nitro groups is 1. The second kappa shape index (κ2) is 4.50. The minimum absolute atomic E-state index is 0.0745. The molecule has 0 saturated heterocycles. The number of fused-ring (bicyclic) bond motifs is 1. The van der Waals surface area contributed by atoms with Gasteiger partial charge in [0.15, 0.2) is 5.58 Å². The first-order valence-corrected chi connectivity index (χ1v) is 6.03. The standard InChI is InChI=1S/C13H8ClN3O3/c14-7-1-4-11-12(5-7)20-13(16-11)9-6-8(17(18)19)2-3-10(9)15/h1-6H,15H2. The molecule has 3 rings (SSSR count). The Morgan fingerprint density at radius 3 is 2.80 bits per heavy atom. The third-order valence-corrected chi connectivity index (χ3v) is 3.06. The molecule has 0 aliphatic carbocycles. The van der Waals surface area contributed by atoms with Crippen LogP contribution in [-0.2, 0) is 0 Å². The molecule has 3 aromatic rings. The van der Waals surface area contributed by atoms with E-state index in [-0.39, 0.29) is 11.6 Å². The number of hydrogen-bond donors (Lipinski definition) is 1. The van der Waals surface area contributed by atoms with Gasteiger partial charge in [-0.1, -0.05) is 11.6 Å². The molecule has 100 valence electrons.